The van der Waals surface area contributed by atoms with Crippen LogP contribution in [0.3, 0.4) is 0 Å². The molecule has 0 amide bonds. The molecule has 0 spiro atoms. The lowest BCUT2D eigenvalue weighted by Gasteiger charge is -2.22. The summed E-state index contributed by atoms with van der Waals surface area (Å²) >= 11 is 0. The van der Waals surface area contributed by atoms with Crippen molar-refractivity contribution in [1.82, 2.24) is 10.4 Å². The number of nitrogens with one attached hydrogen (secondary N) is 1. The SMILES string of the molecule is Cc1ncccc1C(NN)c1ccc2c(c1)OCCO2. The van der Waals surface area contributed by atoms with E-state index in [-0.39, 0.29) is 6.04 Å². The Hall–Kier alpha value is -2.11. The van der Waals surface area contributed by atoms with Crippen molar-refractivity contribution in [3.63, 3.8) is 0 Å². The molecule has 1 aromatic carbocycles. The predicted molar refractivity (Wildman–Crippen MR) is 75.6 cm³/mol. The van der Waals surface area contributed by atoms with Gasteiger partial charge in [-0.1, -0.05) is 12.1 Å². The van der Waals surface area contributed by atoms with Crippen LogP contribution in [0.2, 0.25) is 0 Å². The Kier molecular flexibility index (Phi) is 3.54. The van der Waals surface area contributed by atoms with Crippen molar-refractivity contribution >= 4 is 0 Å². The number of aromatic nitrogens is 1. The summed E-state index contributed by atoms with van der Waals surface area (Å²) in [6.45, 7) is 3.13. The van der Waals surface area contributed by atoms with Crippen LogP contribution in [0.4, 0.5) is 0 Å². The van der Waals surface area contributed by atoms with Gasteiger partial charge in [0.1, 0.15) is 13.2 Å². The number of hydrogen-bond donors (Lipinski definition) is 2. The minimum atomic E-state index is -0.125. The van der Waals surface area contributed by atoms with Gasteiger partial charge in [-0.3, -0.25) is 10.8 Å². The van der Waals surface area contributed by atoms with Crippen LogP contribution in [0, 0.1) is 6.92 Å². The van der Waals surface area contributed by atoms with Gasteiger partial charge >= 0.3 is 0 Å². The Morgan fingerprint density at radius 2 is 2.00 bits per heavy atom. The lowest BCUT2D eigenvalue weighted by molar-refractivity contribution is 0.171. The number of aryl methyl sites for hydroxylation is 1. The van der Waals surface area contributed by atoms with E-state index in [2.05, 4.69) is 10.4 Å². The van der Waals surface area contributed by atoms with Crippen LogP contribution < -0.4 is 20.7 Å². The molecule has 1 unspecified atom stereocenters. The van der Waals surface area contributed by atoms with E-state index in [1.807, 2.05) is 37.3 Å². The van der Waals surface area contributed by atoms with Crippen LogP contribution in [-0.4, -0.2) is 18.2 Å². The first-order chi connectivity index (χ1) is 9.79. The molecule has 0 fully saturated rings. The summed E-state index contributed by atoms with van der Waals surface area (Å²) in [6.07, 6.45) is 1.77. The highest BCUT2D eigenvalue weighted by Gasteiger charge is 2.19. The number of hydrazine groups is 1. The van der Waals surface area contributed by atoms with Gasteiger partial charge in [-0.2, -0.15) is 0 Å². The molecule has 5 nitrogen and oxygen atoms in total. The summed E-state index contributed by atoms with van der Waals surface area (Å²) in [5.41, 5.74) is 5.86. The number of nitrogens with zero attached hydrogens (tertiary/aromatic N) is 1. The van der Waals surface area contributed by atoms with Crippen LogP contribution in [0.25, 0.3) is 0 Å². The third kappa shape index (κ3) is 2.33. The monoisotopic (exact) mass is 271 g/mol. The largest absolute Gasteiger partial charge is 0.486 e. The van der Waals surface area contributed by atoms with E-state index >= 15 is 0 Å². The van der Waals surface area contributed by atoms with Crippen LogP contribution in [0.1, 0.15) is 22.9 Å². The van der Waals surface area contributed by atoms with Gasteiger partial charge in [-0.15, -0.1) is 0 Å². The molecule has 1 atom stereocenters. The molecule has 0 bridgehead atoms. The van der Waals surface area contributed by atoms with E-state index in [1.165, 1.54) is 0 Å². The second-order valence-corrected chi connectivity index (χ2v) is 4.68. The molecule has 0 radical (unpaired) electrons. The number of rotatable bonds is 3. The molecule has 3 rings (SSSR count). The fourth-order valence-corrected chi connectivity index (χ4v) is 2.41. The fourth-order valence-electron chi connectivity index (χ4n) is 2.41. The van der Waals surface area contributed by atoms with Gasteiger partial charge in [0, 0.05) is 11.9 Å². The third-order valence-corrected chi connectivity index (χ3v) is 3.43. The zero-order chi connectivity index (χ0) is 13.9. The average molecular weight is 271 g/mol. The highest BCUT2D eigenvalue weighted by atomic mass is 16.6. The summed E-state index contributed by atoms with van der Waals surface area (Å²) in [7, 11) is 0. The highest BCUT2D eigenvalue weighted by molar-refractivity contribution is 5.46. The fraction of sp³-hybridized carbons (Fsp3) is 0.267. The maximum absolute atomic E-state index is 5.73. The number of fused-ring (bicyclic) bond motifs is 1. The van der Waals surface area contributed by atoms with Crippen molar-refractivity contribution in [1.29, 1.82) is 0 Å². The Morgan fingerprint density at radius 3 is 2.75 bits per heavy atom. The van der Waals surface area contributed by atoms with Crippen LogP contribution >= 0.6 is 0 Å². The molecule has 0 aliphatic carbocycles. The molecule has 2 heterocycles. The normalized spacial score (nSPS) is 14.9. The summed E-state index contributed by atoms with van der Waals surface area (Å²) in [5, 5.41) is 0. The van der Waals surface area contributed by atoms with Crippen LogP contribution in [0.5, 0.6) is 11.5 Å². The average Bonchev–Trinajstić information content (AvgIpc) is 2.50. The molecule has 2 aromatic rings. The summed E-state index contributed by atoms with van der Waals surface area (Å²) in [5.74, 6) is 7.27. The maximum Gasteiger partial charge on any atom is 0.161 e. The zero-order valence-electron chi connectivity index (χ0n) is 11.3. The molecule has 5 heteroatoms. The van der Waals surface area contributed by atoms with Gasteiger partial charge in [-0.25, -0.2) is 5.43 Å². The van der Waals surface area contributed by atoms with Crippen LogP contribution in [-0.2, 0) is 0 Å². The molecular formula is C15H17N3O2. The molecule has 20 heavy (non-hydrogen) atoms. The molecular weight excluding hydrogens is 254 g/mol. The van der Waals surface area contributed by atoms with Gasteiger partial charge in [0.05, 0.1) is 6.04 Å². The summed E-state index contributed by atoms with van der Waals surface area (Å²) < 4.78 is 11.1. The number of benzene rings is 1. The molecule has 0 saturated carbocycles. The first kappa shape index (κ1) is 12.9. The minimum absolute atomic E-state index is 0.125. The standard InChI is InChI=1S/C15H17N3O2/c1-10-12(3-2-6-17-10)15(18-16)11-4-5-13-14(9-11)20-8-7-19-13/h2-6,9,15,18H,7-8,16H2,1H3. The van der Waals surface area contributed by atoms with Gasteiger partial charge in [0.25, 0.3) is 0 Å². The van der Waals surface area contributed by atoms with E-state index in [0.717, 1.165) is 28.3 Å². The second-order valence-electron chi connectivity index (χ2n) is 4.68. The lowest BCUT2D eigenvalue weighted by atomic mass is 9.98. The minimum Gasteiger partial charge on any atom is -0.486 e. The van der Waals surface area contributed by atoms with Gasteiger partial charge in [-0.05, 0) is 36.2 Å². The van der Waals surface area contributed by atoms with E-state index < -0.39 is 0 Å². The highest BCUT2D eigenvalue weighted by Crippen LogP contribution is 2.34. The third-order valence-electron chi connectivity index (χ3n) is 3.43. The molecule has 1 aliphatic heterocycles. The first-order valence-electron chi connectivity index (χ1n) is 6.57. The summed E-state index contributed by atoms with van der Waals surface area (Å²) in [4.78, 5) is 4.31. The smallest absolute Gasteiger partial charge is 0.161 e. The molecule has 0 saturated heterocycles. The number of nitrogens with two attached hydrogens (primary N) is 1. The number of ether oxygens (including phenoxy) is 2. The van der Waals surface area contributed by atoms with Crippen molar-refractivity contribution in [2.75, 3.05) is 13.2 Å². The predicted octanol–water partition coefficient (Wildman–Crippen LogP) is 1.71. The van der Waals surface area contributed by atoms with Crippen molar-refractivity contribution in [3.05, 3.63) is 53.3 Å². The Bertz CT molecular complexity index is 616. The van der Waals surface area contributed by atoms with Crippen molar-refractivity contribution in [2.45, 2.75) is 13.0 Å². The summed E-state index contributed by atoms with van der Waals surface area (Å²) in [6, 6.07) is 9.67. The van der Waals surface area contributed by atoms with E-state index in [4.69, 9.17) is 15.3 Å². The maximum atomic E-state index is 5.73. The Balaban J connectivity index is 1.99. The van der Waals surface area contributed by atoms with Crippen molar-refractivity contribution in [3.8, 4) is 11.5 Å². The van der Waals surface area contributed by atoms with Gasteiger partial charge in [0.15, 0.2) is 11.5 Å². The topological polar surface area (TPSA) is 69.4 Å². The van der Waals surface area contributed by atoms with E-state index in [9.17, 15) is 0 Å². The van der Waals surface area contributed by atoms with Gasteiger partial charge < -0.3 is 9.47 Å². The number of hydrogen-bond acceptors (Lipinski definition) is 5. The second kappa shape index (κ2) is 5.48. The van der Waals surface area contributed by atoms with Crippen LogP contribution in [0.15, 0.2) is 36.5 Å². The molecule has 3 N–H and O–H groups in total. The quantitative estimate of drug-likeness (QED) is 0.657. The van der Waals surface area contributed by atoms with E-state index in [1.54, 1.807) is 6.20 Å². The Morgan fingerprint density at radius 1 is 1.20 bits per heavy atom. The molecule has 1 aliphatic rings. The molecule has 1 aromatic heterocycles. The zero-order valence-corrected chi connectivity index (χ0v) is 11.3. The molecule has 104 valence electrons. The van der Waals surface area contributed by atoms with Gasteiger partial charge in [0.2, 0.25) is 0 Å². The first-order valence-corrected chi connectivity index (χ1v) is 6.57. The van der Waals surface area contributed by atoms with Crippen molar-refractivity contribution in [2.24, 2.45) is 5.84 Å². The Labute approximate surface area is 117 Å². The van der Waals surface area contributed by atoms with E-state index in [0.29, 0.717) is 13.2 Å². The lowest BCUT2D eigenvalue weighted by Crippen LogP contribution is -2.29. The number of pyridine rings is 1. The van der Waals surface area contributed by atoms with Crippen molar-refractivity contribution < 1.29 is 9.47 Å².